The number of methoxy groups -OCH3 is 1. The molecule has 0 N–H and O–H groups in total. The number of hydrogen-bond acceptors (Lipinski definition) is 5. The third-order valence-electron chi connectivity index (χ3n) is 4.66. The van der Waals surface area contributed by atoms with E-state index in [0.717, 1.165) is 31.6 Å². The van der Waals surface area contributed by atoms with Crippen molar-refractivity contribution >= 4 is 11.8 Å². The maximum atomic E-state index is 12.2. The van der Waals surface area contributed by atoms with E-state index in [-0.39, 0.29) is 11.4 Å². The zero-order valence-corrected chi connectivity index (χ0v) is 11.5. The average Bonchev–Trinajstić information content (AvgIpc) is 3.04. The van der Waals surface area contributed by atoms with E-state index in [4.69, 9.17) is 10.00 Å². The molecular weight excluding hydrogens is 254 g/mol. The lowest BCUT2D eigenvalue weighted by molar-refractivity contribution is -0.152. The fourth-order valence-corrected chi connectivity index (χ4v) is 3.64. The van der Waals surface area contributed by atoms with Crippen molar-refractivity contribution in [1.29, 1.82) is 5.26 Å². The molecule has 2 fully saturated rings. The van der Waals surface area contributed by atoms with Crippen molar-refractivity contribution in [3.05, 3.63) is 23.9 Å². The van der Waals surface area contributed by atoms with Crippen molar-refractivity contribution < 1.29 is 9.53 Å². The van der Waals surface area contributed by atoms with Gasteiger partial charge in [-0.15, -0.1) is 0 Å². The molecule has 1 aliphatic heterocycles. The Morgan fingerprint density at radius 3 is 3.10 bits per heavy atom. The fourth-order valence-electron chi connectivity index (χ4n) is 3.64. The second-order valence-electron chi connectivity index (χ2n) is 5.63. The Balaban J connectivity index is 1.84. The first-order valence-corrected chi connectivity index (χ1v) is 6.89. The zero-order chi connectivity index (χ0) is 14.2. The molecule has 0 spiro atoms. The van der Waals surface area contributed by atoms with Crippen LogP contribution in [0.5, 0.6) is 0 Å². The molecular formula is C15H17N3O2. The number of aromatic nitrogens is 1. The smallest absolute Gasteiger partial charge is 0.313 e. The molecule has 1 aromatic heterocycles. The van der Waals surface area contributed by atoms with Gasteiger partial charge in [-0.2, -0.15) is 5.26 Å². The van der Waals surface area contributed by atoms with Crippen LogP contribution in [-0.4, -0.2) is 31.2 Å². The van der Waals surface area contributed by atoms with Gasteiger partial charge in [0.1, 0.15) is 11.9 Å². The lowest BCUT2D eigenvalue weighted by atomic mass is 9.81. The molecule has 2 unspecified atom stereocenters. The van der Waals surface area contributed by atoms with E-state index in [1.807, 2.05) is 6.07 Å². The van der Waals surface area contributed by atoms with Crippen molar-refractivity contribution in [2.45, 2.75) is 19.3 Å². The van der Waals surface area contributed by atoms with Crippen LogP contribution in [-0.2, 0) is 9.53 Å². The highest BCUT2D eigenvalue weighted by atomic mass is 16.5. The van der Waals surface area contributed by atoms with Crippen LogP contribution in [0.25, 0.3) is 0 Å². The number of rotatable bonds is 2. The Bertz CT molecular complexity index is 563. The molecule has 3 rings (SSSR count). The topological polar surface area (TPSA) is 66.2 Å². The molecule has 5 heteroatoms. The molecule has 2 atom stereocenters. The first-order valence-electron chi connectivity index (χ1n) is 6.89. The minimum absolute atomic E-state index is 0.0869. The lowest BCUT2D eigenvalue weighted by Crippen LogP contribution is -2.37. The highest BCUT2D eigenvalue weighted by Gasteiger charge is 2.55. The first kappa shape index (κ1) is 12.9. The Morgan fingerprint density at radius 1 is 1.60 bits per heavy atom. The van der Waals surface area contributed by atoms with E-state index in [1.165, 1.54) is 7.11 Å². The zero-order valence-electron chi connectivity index (χ0n) is 11.5. The second-order valence-corrected chi connectivity index (χ2v) is 5.63. The molecule has 104 valence electrons. The molecule has 20 heavy (non-hydrogen) atoms. The lowest BCUT2D eigenvalue weighted by Gasteiger charge is -2.25. The number of hydrogen-bond donors (Lipinski definition) is 0. The van der Waals surface area contributed by atoms with E-state index < -0.39 is 0 Å². The minimum Gasteiger partial charge on any atom is -0.469 e. The van der Waals surface area contributed by atoms with Gasteiger partial charge in [0.2, 0.25) is 0 Å². The molecule has 2 aliphatic rings. The summed E-state index contributed by atoms with van der Waals surface area (Å²) < 4.78 is 5.03. The molecule has 1 aromatic rings. The Kier molecular flexibility index (Phi) is 3.09. The average molecular weight is 271 g/mol. The van der Waals surface area contributed by atoms with Gasteiger partial charge in [0.05, 0.1) is 18.1 Å². The number of nitrogens with zero attached hydrogens (tertiary/aromatic N) is 3. The summed E-state index contributed by atoms with van der Waals surface area (Å²) in [5.41, 5.74) is 0.195. The number of carbonyl (C=O) groups is 1. The SMILES string of the molecule is COC(=O)C12CCCC1CN(c1ccc(C#N)cn1)C2. The van der Waals surface area contributed by atoms with Crippen LogP contribution >= 0.6 is 0 Å². The molecule has 0 bridgehead atoms. The summed E-state index contributed by atoms with van der Waals surface area (Å²) in [6, 6.07) is 5.68. The predicted molar refractivity (Wildman–Crippen MR) is 73.0 cm³/mol. The van der Waals surface area contributed by atoms with Crippen LogP contribution in [0.15, 0.2) is 18.3 Å². The van der Waals surface area contributed by atoms with Gasteiger partial charge in [0, 0.05) is 19.3 Å². The molecule has 1 saturated heterocycles. The van der Waals surface area contributed by atoms with Crippen LogP contribution < -0.4 is 4.90 Å². The molecule has 5 nitrogen and oxygen atoms in total. The number of ether oxygens (including phenoxy) is 1. The number of nitriles is 1. The van der Waals surface area contributed by atoms with Crippen molar-refractivity contribution in [2.24, 2.45) is 11.3 Å². The van der Waals surface area contributed by atoms with Crippen molar-refractivity contribution in [3.8, 4) is 6.07 Å². The number of fused-ring (bicyclic) bond motifs is 1. The Hall–Kier alpha value is -2.09. The van der Waals surface area contributed by atoms with Gasteiger partial charge in [0.25, 0.3) is 0 Å². The molecule has 1 aliphatic carbocycles. The van der Waals surface area contributed by atoms with Gasteiger partial charge >= 0.3 is 5.97 Å². The largest absolute Gasteiger partial charge is 0.469 e. The van der Waals surface area contributed by atoms with E-state index in [1.54, 1.807) is 12.3 Å². The van der Waals surface area contributed by atoms with Crippen LogP contribution in [0.2, 0.25) is 0 Å². The summed E-state index contributed by atoms with van der Waals surface area (Å²) in [4.78, 5) is 18.6. The third-order valence-corrected chi connectivity index (χ3v) is 4.66. The number of anilines is 1. The summed E-state index contributed by atoms with van der Waals surface area (Å²) in [5.74, 6) is 1.10. The molecule has 0 amide bonds. The van der Waals surface area contributed by atoms with Gasteiger partial charge < -0.3 is 9.64 Å². The summed E-state index contributed by atoms with van der Waals surface area (Å²) >= 11 is 0. The van der Waals surface area contributed by atoms with Crippen molar-refractivity contribution in [1.82, 2.24) is 4.98 Å². The Labute approximate surface area is 118 Å². The monoisotopic (exact) mass is 271 g/mol. The number of esters is 1. The van der Waals surface area contributed by atoms with Gasteiger partial charge in [-0.3, -0.25) is 4.79 Å². The van der Waals surface area contributed by atoms with E-state index in [2.05, 4.69) is 16.0 Å². The maximum Gasteiger partial charge on any atom is 0.313 e. The predicted octanol–water partition coefficient (Wildman–Crippen LogP) is 1.73. The maximum absolute atomic E-state index is 12.2. The van der Waals surface area contributed by atoms with Crippen LogP contribution in [0.1, 0.15) is 24.8 Å². The Morgan fingerprint density at radius 2 is 2.45 bits per heavy atom. The van der Waals surface area contributed by atoms with Crippen molar-refractivity contribution in [3.63, 3.8) is 0 Å². The van der Waals surface area contributed by atoms with Gasteiger partial charge in [-0.25, -0.2) is 4.98 Å². The molecule has 0 radical (unpaired) electrons. The highest BCUT2D eigenvalue weighted by Crippen LogP contribution is 2.50. The van der Waals surface area contributed by atoms with Gasteiger partial charge in [-0.05, 0) is 30.9 Å². The fraction of sp³-hybridized carbons (Fsp3) is 0.533. The summed E-state index contributed by atoms with van der Waals surface area (Å²) in [6.07, 6.45) is 4.64. The van der Waals surface area contributed by atoms with E-state index in [9.17, 15) is 4.79 Å². The van der Waals surface area contributed by atoms with Gasteiger partial charge in [-0.1, -0.05) is 6.42 Å². The van der Waals surface area contributed by atoms with Crippen LogP contribution in [0, 0.1) is 22.7 Å². The van der Waals surface area contributed by atoms with Gasteiger partial charge in [0.15, 0.2) is 0 Å². The quantitative estimate of drug-likeness (QED) is 0.766. The number of pyridine rings is 1. The van der Waals surface area contributed by atoms with E-state index in [0.29, 0.717) is 18.0 Å². The molecule has 0 aromatic carbocycles. The van der Waals surface area contributed by atoms with E-state index >= 15 is 0 Å². The van der Waals surface area contributed by atoms with Crippen LogP contribution in [0.3, 0.4) is 0 Å². The first-order chi connectivity index (χ1) is 9.69. The summed E-state index contributed by atoms with van der Waals surface area (Å²) in [7, 11) is 1.47. The van der Waals surface area contributed by atoms with Crippen molar-refractivity contribution in [2.75, 3.05) is 25.1 Å². The minimum atomic E-state index is -0.357. The number of carbonyl (C=O) groups excluding carboxylic acids is 1. The van der Waals surface area contributed by atoms with Crippen LogP contribution in [0.4, 0.5) is 5.82 Å². The summed E-state index contributed by atoms with van der Waals surface area (Å²) in [5, 5.41) is 8.81. The molecule has 1 saturated carbocycles. The standard InChI is InChI=1S/C15H17N3O2/c1-20-14(19)15-6-2-3-12(15)9-18(10-15)13-5-4-11(7-16)8-17-13/h4-5,8,12H,2-3,6,9-10H2,1H3. The molecule has 2 heterocycles. The summed E-state index contributed by atoms with van der Waals surface area (Å²) in [6.45, 7) is 1.51. The second kappa shape index (κ2) is 4.78. The normalized spacial score (nSPS) is 28.0. The third kappa shape index (κ3) is 1.83. The highest BCUT2D eigenvalue weighted by molar-refractivity contribution is 5.79.